The zero-order chi connectivity index (χ0) is 20.7. The molecule has 0 saturated heterocycles. The minimum Gasteiger partial charge on any atom is -0.453 e. The molecule has 10 heteroatoms. The fourth-order valence-corrected chi connectivity index (χ4v) is 3.25. The summed E-state index contributed by atoms with van der Waals surface area (Å²) in [7, 11) is 2.97. The molecule has 3 atom stereocenters. The number of carbonyl (C=O) groups is 2. The van der Waals surface area contributed by atoms with Gasteiger partial charge in [-0.05, 0) is 13.3 Å². The molecule has 0 aromatic carbocycles. The molecular weight excluding hydrogens is 366 g/mol. The second-order valence-corrected chi connectivity index (χ2v) is 7.31. The third-order valence-corrected chi connectivity index (χ3v) is 5.08. The van der Waals surface area contributed by atoms with Crippen molar-refractivity contribution in [2.75, 3.05) is 33.9 Å². The molecule has 0 fully saturated rings. The minimum absolute atomic E-state index is 0.0179. The van der Waals surface area contributed by atoms with Gasteiger partial charge in [0.25, 0.3) is 0 Å². The van der Waals surface area contributed by atoms with Crippen molar-refractivity contribution in [2.45, 2.75) is 52.0 Å². The summed E-state index contributed by atoms with van der Waals surface area (Å²) in [6, 6.07) is -0.293. The zero-order valence-electron chi connectivity index (χ0n) is 17.1. The zero-order valence-corrected chi connectivity index (χ0v) is 17.1. The summed E-state index contributed by atoms with van der Waals surface area (Å²) < 4.78 is 12.6. The Balaban J connectivity index is 2.25. The second-order valence-electron chi connectivity index (χ2n) is 7.31. The normalized spacial score (nSPS) is 22.6. The molecule has 2 rings (SSSR count). The van der Waals surface area contributed by atoms with E-state index in [-0.39, 0.29) is 30.6 Å². The number of aliphatic hydroxyl groups excluding tert-OH is 1. The highest BCUT2D eigenvalue weighted by Gasteiger charge is 2.29. The van der Waals surface area contributed by atoms with E-state index in [0.717, 1.165) is 5.69 Å². The first kappa shape index (κ1) is 22.1. The number of hydrogen-bond donors (Lipinski definition) is 1. The van der Waals surface area contributed by atoms with E-state index in [1.54, 1.807) is 22.8 Å². The van der Waals surface area contributed by atoms with Gasteiger partial charge in [0, 0.05) is 32.5 Å². The van der Waals surface area contributed by atoms with Gasteiger partial charge in [-0.3, -0.25) is 4.79 Å². The molecule has 0 unspecified atom stereocenters. The molecule has 10 nitrogen and oxygen atoms in total. The first-order chi connectivity index (χ1) is 13.4. The number of ether oxygens (including phenoxy) is 2. The molecule has 2 amide bonds. The molecule has 1 aliphatic rings. The number of likely N-dealkylation sites (N-methyl/N-ethyl adjacent to an activating group) is 1. The van der Waals surface area contributed by atoms with Gasteiger partial charge in [0.15, 0.2) is 0 Å². The number of carbonyl (C=O) groups excluding carboxylic acids is 2. The van der Waals surface area contributed by atoms with E-state index < -0.39 is 6.09 Å². The Kier molecular flexibility index (Phi) is 8.18. The summed E-state index contributed by atoms with van der Waals surface area (Å²) in [6.07, 6.45) is 1.86. The SMILES string of the molecule is COC(=O)N(C)C[C@H]1OCc2cnnn2CCCC(=O)N([C@H](C)CO)C[C@H]1C. The van der Waals surface area contributed by atoms with Crippen LogP contribution in [0.1, 0.15) is 32.4 Å². The third kappa shape index (κ3) is 5.65. The highest BCUT2D eigenvalue weighted by Crippen LogP contribution is 2.18. The average Bonchev–Trinajstić information content (AvgIpc) is 3.13. The Morgan fingerprint density at radius 1 is 1.54 bits per heavy atom. The van der Waals surface area contributed by atoms with Crippen LogP contribution in [0.15, 0.2) is 6.20 Å². The third-order valence-electron chi connectivity index (χ3n) is 5.08. The first-order valence-electron chi connectivity index (χ1n) is 9.55. The van der Waals surface area contributed by atoms with Gasteiger partial charge in [-0.15, -0.1) is 5.10 Å². The van der Waals surface area contributed by atoms with Crippen LogP contribution in [0, 0.1) is 5.92 Å². The molecule has 1 aromatic rings. The van der Waals surface area contributed by atoms with E-state index >= 15 is 0 Å². The van der Waals surface area contributed by atoms with Gasteiger partial charge >= 0.3 is 6.09 Å². The van der Waals surface area contributed by atoms with Crippen molar-refractivity contribution in [1.82, 2.24) is 24.8 Å². The van der Waals surface area contributed by atoms with Crippen molar-refractivity contribution in [3.8, 4) is 0 Å². The van der Waals surface area contributed by atoms with E-state index in [1.165, 1.54) is 12.0 Å². The smallest absolute Gasteiger partial charge is 0.409 e. The summed E-state index contributed by atoms with van der Waals surface area (Å²) in [5.74, 6) is -0.0930. The van der Waals surface area contributed by atoms with E-state index in [2.05, 4.69) is 10.3 Å². The Bertz CT molecular complexity index is 652. The average molecular weight is 397 g/mol. The quantitative estimate of drug-likeness (QED) is 0.788. The minimum atomic E-state index is -0.453. The van der Waals surface area contributed by atoms with E-state index in [0.29, 0.717) is 39.1 Å². The topological polar surface area (TPSA) is 110 Å². The maximum atomic E-state index is 12.8. The molecule has 1 aliphatic heterocycles. The van der Waals surface area contributed by atoms with Crippen molar-refractivity contribution in [1.29, 1.82) is 0 Å². The molecule has 0 radical (unpaired) electrons. The number of nitrogens with zero attached hydrogens (tertiary/aromatic N) is 5. The summed E-state index contributed by atoms with van der Waals surface area (Å²) >= 11 is 0. The van der Waals surface area contributed by atoms with Gasteiger partial charge in [0.05, 0.1) is 50.9 Å². The number of hydrogen-bond acceptors (Lipinski definition) is 7. The lowest BCUT2D eigenvalue weighted by Gasteiger charge is -2.35. The van der Waals surface area contributed by atoms with Gasteiger partial charge in [0.1, 0.15) is 0 Å². The summed E-state index contributed by atoms with van der Waals surface area (Å²) in [6.45, 7) is 5.29. The van der Waals surface area contributed by atoms with Crippen LogP contribution in [-0.4, -0.2) is 87.9 Å². The van der Waals surface area contributed by atoms with Crippen molar-refractivity contribution in [3.05, 3.63) is 11.9 Å². The van der Waals surface area contributed by atoms with Crippen molar-refractivity contribution >= 4 is 12.0 Å². The summed E-state index contributed by atoms with van der Waals surface area (Å²) in [4.78, 5) is 27.7. The second kappa shape index (κ2) is 10.4. The Morgan fingerprint density at radius 2 is 2.29 bits per heavy atom. The molecule has 0 bridgehead atoms. The number of methoxy groups -OCH3 is 1. The van der Waals surface area contributed by atoms with E-state index in [9.17, 15) is 14.7 Å². The predicted octanol–water partition coefficient (Wildman–Crippen LogP) is 0.501. The van der Waals surface area contributed by atoms with Crippen LogP contribution in [0.3, 0.4) is 0 Å². The Morgan fingerprint density at radius 3 is 2.96 bits per heavy atom. The Hall–Kier alpha value is -2.20. The molecule has 1 N–H and O–H groups in total. The van der Waals surface area contributed by atoms with Crippen LogP contribution >= 0.6 is 0 Å². The number of aryl methyl sites for hydroxylation is 1. The first-order valence-corrected chi connectivity index (χ1v) is 9.55. The van der Waals surface area contributed by atoms with Crippen LogP contribution in [0.25, 0.3) is 0 Å². The number of aromatic nitrogens is 3. The molecular formula is C18H31N5O5. The molecule has 1 aromatic heterocycles. The highest BCUT2D eigenvalue weighted by atomic mass is 16.5. The van der Waals surface area contributed by atoms with E-state index in [4.69, 9.17) is 9.47 Å². The maximum absolute atomic E-state index is 12.8. The lowest BCUT2D eigenvalue weighted by Crippen LogP contribution is -2.47. The fraction of sp³-hybridized carbons (Fsp3) is 0.778. The van der Waals surface area contributed by atoms with Crippen LogP contribution in [0.2, 0.25) is 0 Å². The lowest BCUT2D eigenvalue weighted by molar-refractivity contribution is -0.136. The number of amides is 2. The largest absolute Gasteiger partial charge is 0.453 e. The van der Waals surface area contributed by atoms with Crippen molar-refractivity contribution < 1.29 is 24.2 Å². The van der Waals surface area contributed by atoms with Crippen molar-refractivity contribution in [3.63, 3.8) is 0 Å². The number of fused-ring (bicyclic) bond motifs is 1. The highest BCUT2D eigenvalue weighted by molar-refractivity contribution is 5.76. The van der Waals surface area contributed by atoms with Gasteiger partial charge < -0.3 is 24.4 Å². The van der Waals surface area contributed by atoms with E-state index in [1.807, 2.05) is 13.8 Å². The standard InChI is InChI=1S/C18H31N5O5/c1-13-9-22(14(2)11-24)17(25)6-5-7-23-15(8-19-20-23)12-28-16(13)10-21(3)18(26)27-4/h8,13-14,16,24H,5-7,9-12H2,1-4H3/t13-,14-,16-/m1/s1. The van der Waals surface area contributed by atoms with Crippen LogP contribution in [-0.2, 0) is 27.4 Å². The summed E-state index contributed by atoms with van der Waals surface area (Å²) in [5, 5.41) is 17.6. The molecule has 158 valence electrons. The lowest BCUT2D eigenvalue weighted by atomic mass is 10.0. The molecule has 28 heavy (non-hydrogen) atoms. The molecule has 0 aliphatic carbocycles. The van der Waals surface area contributed by atoms with Gasteiger partial charge in [0.2, 0.25) is 5.91 Å². The number of rotatable bonds is 4. The maximum Gasteiger partial charge on any atom is 0.409 e. The van der Waals surface area contributed by atoms with Gasteiger partial charge in [-0.1, -0.05) is 12.1 Å². The van der Waals surface area contributed by atoms with Crippen LogP contribution in [0.4, 0.5) is 4.79 Å². The molecule has 0 spiro atoms. The summed E-state index contributed by atoms with van der Waals surface area (Å²) in [5.41, 5.74) is 0.825. The molecule has 2 heterocycles. The Labute approximate surface area is 165 Å². The fourth-order valence-electron chi connectivity index (χ4n) is 3.25. The van der Waals surface area contributed by atoms with Crippen LogP contribution < -0.4 is 0 Å². The monoisotopic (exact) mass is 397 g/mol. The molecule has 0 saturated carbocycles. The van der Waals surface area contributed by atoms with Crippen molar-refractivity contribution in [2.24, 2.45) is 5.92 Å². The number of aliphatic hydroxyl groups is 1. The van der Waals surface area contributed by atoms with Crippen LogP contribution in [0.5, 0.6) is 0 Å². The van der Waals surface area contributed by atoms with Gasteiger partial charge in [-0.25, -0.2) is 9.48 Å². The predicted molar refractivity (Wildman–Crippen MR) is 100 cm³/mol. The van der Waals surface area contributed by atoms with Gasteiger partial charge in [-0.2, -0.15) is 0 Å².